The molecule has 0 aliphatic heterocycles. The van der Waals surface area contributed by atoms with E-state index in [1.807, 2.05) is 12.3 Å². The van der Waals surface area contributed by atoms with E-state index in [1.54, 1.807) is 0 Å². The van der Waals surface area contributed by atoms with Crippen molar-refractivity contribution in [3.63, 3.8) is 0 Å². The second kappa shape index (κ2) is 11.0. The monoisotopic (exact) mass is 626 g/mol. The van der Waals surface area contributed by atoms with Crippen LogP contribution in [-0.4, -0.2) is 14.3 Å². The molecule has 0 saturated heterocycles. The second-order valence-corrected chi connectivity index (χ2v) is 12.5. The predicted octanol–water partition coefficient (Wildman–Crippen LogP) is 11.9. The summed E-state index contributed by atoms with van der Waals surface area (Å²) in [4.78, 5) is 2.31. The van der Waals surface area contributed by atoms with Crippen molar-refractivity contribution < 1.29 is 0 Å². The van der Waals surface area contributed by atoms with Crippen molar-refractivity contribution in [2.45, 2.75) is 0 Å². The van der Waals surface area contributed by atoms with Crippen LogP contribution in [0, 0.1) is 0 Å². The van der Waals surface area contributed by atoms with Crippen molar-refractivity contribution in [3.8, 4) is 11.4 Å². The van der Waals surface area contributed by atoms with Crippen molar-refractivity contribution in [3.05, 3.63) is 182 Å². The maximum absolute atomic E-state index is 4.94. The third-order valence-electron chi connectivity index (χ3n) is 9.75. The molecule has 0 N–H and O–H groups in total. The maximum atomic E-state index is 4.94. The Morgan fingerprint density at radius 3 is 1.53 bits per heavy atom. The maximum Gasteiger partial charge on any atom is 0.0748 e. The van der Waals surface area contributed by atoms with Crippen LogP contribution in [0.5, 0.6) is 0 Å². The number of hydrogen-bond donors (Lipinski definition) is 0. The zero-order valence-electron chi connectivity index (χ0n) is 26.6. The fraction of sp³-hybridized carbons (Fsp3) is 0. The molecule has 4 heteroatoms. The molecule has 0 radical (unpaired) electrons. The Hall–Kier alpha value is -6.65. The zero-order chi connectivity index (χ0) is 32.3. The first-order valence-electron chi connectivity index (χ1n) is 16.7. The van der Waals surface area contributed by atoms with Gasteiger partial charge in [-0.15, -0.1) is 0 Å². The lowest BCUT2D eigenvalue weighted by molar-refractivity contribution is 0.911. The van der Waals surface area contributed by atoms with Gasteiger partial charge in [0.2, 0.25) is 0 Å². The minimum Gasteiger partial charge on any atom is -0.311 e. The molecule has 0 atom stereocenters. The fourth-order valence-corrected chi connectivity index (χ4v) is 7.66. The number of benzene rings is 8. The van der Waals surface area contributed by atoms with Gasteiger partial charge in [-0.1, -0.05) is 103 Å². The highest BCUT2D eigenvalue weighted by Gasteiger charge is 2.22. The van der Waals surface area contributed by atoms with E-state index in [0.29, 0.717) is 0 Å². The van der Waals surface area contributed by atoms with E-state index in [0.717, 1.165) is 44.9 Å². The Morgan fingerprint density at radius 2 is 0.878 bits per heavy atom. The minimum absolute atomic E-state index is 1.05. The van der Waals surface area contributed by atoms with E-state index >= 15 is 0 Å². The molecule has 10 aromatic rings. The molecule has 0 amide bonds. The van der Waals surface area contributed by atoms with Crippen molar-refractivity contribution in [2.75, 3.05) is 4.90 Å². The van der Waals surface area contributed by atoms with E-state index in [4.69, 9.17) is 5.10 Å². The summed E-state index contributed by atoms with van der Waals surface area (Å²) in [5, 5.41) is 13.5. The molecule has 10 rings (SSSR count). The summed E-state index contributed by atoms with van der Waals surface area (Å²) >= 11 is 0. The van der Waals surface area contributed by atoms with Crippen LogP contribution in [0.3, 0.4) is 0 Å². The van der Waals surface area contributed by atoms with Gasteiger partial charge in [-0.2, -0.15) is 5.10 Å². The quantitative estimate of drug-likeness (QED) is 0.178. The number of rotatable bonds is 5. The van der Waals surface area contributed by atoms with Gasteiger partial charge in [-0.3, -0.25) is 0 Å². The first kappa shape index (κ1) is 27.5. The van der Waals surface area contributed by atoms with Crippen LogP contribution >= 0.6 is 0 Å². The third-order valence-corrected chi connectivity index (χ3v) is 9.75. The minimum atomic E-state index is 1.05. The van der Waals surface area contributed by atoms with Gasteiger partial charge in [0.15, 0.2) is 0 Å². The Bertz CT molecular complexity index is 2760. The number of fused-ring (bicyclic) bond motifs is 10. The van der Waals surface area contributed by atoms with Crippen molar-refractivity contribution >= 4 is 71.3 Å². The van der Waals surface area contributed by atoms with Gasteiger partial charge < -0.3 is 9.47 Å². The van der Waals surface area contributed by atoms with Crippen molar-refractivity contribution in [1.82, 2.24) is 14.3 Å². The first-order valence-corrected chi connectivity index (χ1v) is 16.7. The predicted molar refractivity (Wildman–Crippen MR) is 205 cm³/mol. The van der Waals surface area contributed by atoms with Gasteiger partial charge in [0.25, 0.3) is 0 Å². The lowest BCUT2D eigenvalue weighted by Crippen LogP contribution is -2.09. The number of para-hydroxylation sites is 3. The Morgan fingerprint density at radius 1 is 0.367 bits per heavy atom. The van der Waals surface area contributed by atoms with Crippen LogP contribution in [-0.2, 0) is 0 Å². The molecule has 8 aromatic carbocycles. The topological polar surface area (TPSA) is 26.0 Å². The van der Waals surface area contributed by atoms with E-state index in [1.165, 1.54) is 37.8 Å². The molecule has 0 spiro atoms. The van der Waals surface area contributed by atoms with E-state index in [2.05, 4.69) is 184 Å². The van der Waals surface area contributed by atoms with Crippen molar-refractivity contribution in [2.24, 2.45) is 0 Å². The summed E-state index contributed by atoms with van der Waals surface area (Å²) in [7, 11) is 0. The number of nitrogens with zero attached hydrogens (tertiary/aromatic N) is 4. The molecule has 0 saturated carbocycles. The van der Waals surface area contributed by atoms with Crippen LogP contribution in [0.4, 0.5) is 17.1 Å². The third kappa shape index (κ3) is 4.21. The Labute approximate surface area is 283 Å². The first-order chi connectivity index (χ1) is 24.3. The van der Waals surface area contributed by atoms with Gasteiger partial charge in [-0.05, 0) is 89.0 Å². The van der Waals surface area contributed by atoms with Gasteiger partial charge in [0.1, 0.15) is 0 Å². The van der Waals surface area contributed by atoms with Crippen LogP contribution < -0.4 is 4.90 Å². The van der Waals surface area contributed by atoms with Crippen molar-refractivity contribution in [1.29, 1.82) is 0 Å². The summed E-state index contributed by atoms with van der Waals surface area (Å²) in [5.41, 5.74) is 8.96. The largest absolute Gasteiger partial charge is 0.311 e. The summed E-state index contributed by atoms with van der Waals surface area (Å²) in [6.07, 6.45) is 2.04. The smallest absolute Gasteiger partial charge is 0.0748 e. The highest BCUT2D eigenvalue weighted by molar-refractivity contribution is 6.35. The van der Waals surface area contributed by atoms with Gasteiger partial charge in [0.05, 0.1) is 28.4 Å². The SMILES string of the molecule is c1ccc(N(c2ccccc2)c2ccc(-n3c4ccc5c(cnn5-c5ccccc5)c4c4c5ccccc5c5ccccc5c43)cc2)cc1. The molecule has 230 valence electrons. The number of aromatic nitrogens is 3. The summed E-state index contributed by atoms with van der Waals surface area (Å²) in [6, 6.07) is 62.7. The van der Waals surface area contributed by atoms with Crippen LogP contribution in [0.25, 0.3) is 65.6 Å². The molecule has 49 heavy (non-hydrogen) atoms. The van der Waals surface area contributed by atoms with E-state index < -0.39 is 0 Å². The average molecular weight is 627 g/mol. The second-order valence-electron chi connectivity index (χ2n) is 12.5. The molecule has 0 fully saturated rings. The number of hydrogen-bond acceptors (Lipinski definition) is 2. The fourth-order valence-electron chi connectivity index (χ4n) is 7.66. The number of anilines is 3. The molecule has 2 aromatic heterocycles. The zero-order valence-corrected chi connectivity index (χ0v) is 26.6. The average Bonchev–Trinajstić information content (AvgIpc) is 3.77. The van der Waals surface area contributed by atoms with Crippen LogP contribution in [0.15, 0.2) is 182 Å². The molecule has 4 nitrogen and oxygen atoms in total. The lowest BCUT2D eigenvalue weighted by atomic mass is 9.96. The molecule has 0 aliphatic rings. The normalized spacial score (nSPS) is 11.7. The summed E-state index contributed by atoms with van der Waals surface area (Å²) in [6.45, 7) is 0. The molecular weight excluding hydrogens is 597 g/mol. The molecule has 2 heterocycles. The Balaban J connectivity index is 1.28. The molecule has 0 unspecified atom stereocenters. The van der Waals surface area contributed by atoms with Crippen LogP contribution in [0.1, 0.15) is 0 Å². The highest BCUT2D eigenvalue weighted by atomic mass is 15.3. The standard InChI is InChI=1S/C45H30N4/c1-4-14-31(15-5-1)47(32-16-6-2-7-17-32)33-24-26-34(27-25-33)48-42-29-28-41-40(30-46-49(41)35-18-8-3-9-19-35)43(42)44-38-22-12-10-20-36(38)37-21-11-13-23-39(37)45(44)48/h1-30H. The molecule has 0 aliphatic carbocycles. The van der Waals surface area contributed by atoms with E-state index in [9.17, 15) is 0 Å². The summed E-state index contributed by atoms with van der Waals surface area (Å²) < 4.78 is 4.51. The Kier molecular flexibility index (Phi) is 6.15. The molecular formula is C45H30N4. The van der Waals surface area contributed by atoms with Gasteiger partial charge >= 0.3 is 0 Å². The summed E-state index contributed by atoms with van der Waals surface area (Å²) in [5.74, 6) is 0. The molecule has 0 bridgehead atoms. The van der Waals surface area contributed by atoms with Gasteiger partial charge in [0, 0.05) is 44.3 Å². The van der Waals surface area contributed by atoms with Crippen LogP contribution in [0.2, 0.25) is 0 Å². The van der Waals surface area contributed by atoms with Gasteiger partial charge in [-0.25, -0.2) is 4.68 Å². The van der Waals surface area contributed by atoms with E-state index in [-0.39, 0.29) is 0 Å². The lowest BCUT2D eigenvalue weighted by Gasteiger charge is -2.25. The highest BCUT2D eigenvalue weighted by Crippen LogP contribution is 2.45.